The molecule has 4 nitrogen and oxygen atoms in total. The van der Waals surface area contributed by atoms with Gasteiger partial charge in [0.15, 0.2) is 9.84 Å². The van der Waals surface area contributed by atoms with Crippen LogP contribution >= 0.6 is 0 Å². The molecule has 1 aromatic carbocycles. The van der Waals surface area contributed by atoms with Crippen molar-refractivity contribution in [3.8, 4) is 0 Å². The summed E-state index contributed by atoms with van der Waals surface area (Å²) in [5.74, 6) is 0.789. The number of hydrogen-bond donors (Lipinski definition) is 1. The van der Waals surface area contributed by atoms with Crippen LogP contribution in [0.4, 0.5) is 0 Å². The van der Waals surface area contributed by atoms with E-state index in [1.54, 1.807) is 12.1 Å². The molecule has 1 aromatic rings. The lowest BCUT2D eigenvalue weighted by Crippen LogP contribution is -2.53. The van der Waals surface area contributed by atoms with Crippen LogP contribution < -0.4 is 5.73 Å². The van der Waals surface area contributed by atoms with E-state index in [4.69, 9.17) is 5.73 Å². The molecule has 0 amide bonds. The average Bonchev–Trinajstić information content (AvgIpc) is 2.46. The molecule has 0 saturated heterocycles. The Morgan fingerprint density at radius 2 is 2.00 bits per heavy atom. The molecule has 0 fully saturated rings. The predicted molar refractivity (Wildman–Crippen MR) is 85.9 cm³/mol. The second-order valence-electron chi connectivity index (χ2n) is 6.40. The van der Waals surface area contributed by atoms with Gasteiger partial charge in [0.2, 0.25) is 0 Å². The highest BCUT2D eigenvalue weighted by Crippen LogP contribution is 2.40. The van der Waals surface area contributed by atoms with Crippen LogP contribution in [-0.2, 0) is 15.4 Å². The van der Waals surface area contributed by atoms with Gasteiger partial charge in [-0.15, -0.1) is 0 Å². The first-order valence-corrected chi connectivity index (χ1v) is 9.22. The Morgan fingerprint density at radius 1 is 1.33 bits per heavy atom. The van der Waals surface area contributed by atoms with Gasteiger partial charge in [0, 0.05) is 6.54 Å². The minimum Gasteiger partial charge on any atom is -0.328 e. The Labute approximate surface area is 128 Å². The van der Waals surface area contributed by atoms with E-state index in [2.05, 4.69) is 25.8 Å². The highest BCUT2D eigenvalue weighted by molar-refractivity contribution is 7.91. The van der Waals surface area contributed by atoms with Gasteiger partial charge in [0.25, 0.3) is 0 Å². The number of sulfone groups is 1. The van der Waals surface area contributed by atoms with Crippen molar-refractivity contribution in [3.05, 3.63) is 29.8 Å². The van der Waals surface area contributed by atoms with Crippen molar-refractivity contribution in [2.75, 3.05) is 25.9 Å². The normalized spacial score (nSPS) is 24.3. The number of nitrogens with zero attached hydrogens (tertiary/aromatic N) is 1. The lowest BCUT2D eigenvalue weighted by molar-refractivity contribution is 0.109. The molecule has 1 unspecified atom stereocenters. The van der Waals surface area contributed by atoms with E-state index in [1.165, 1.54) is 0 Å². The number of hydrogen-bond acceptors (Lipinski definition) is 4. The monoisotopic (exact) mass is 310 g/mol. The van der Waals surface area contributed by atoms with Crippen LogP contribution in [0.5, 0.6) is 0 Å². The number of fused-ring (bicyclic) bond motifs is 1. The molecule has 5 heteroatoms. The summed E-state index contributed by atoms with van der Waals surface area (Å²) in [7, 11) is -1.11. The van der Waals surface area contributed by atoms with Gasteiger partial charge >= 0.3 is 0 Å². The molecule has 0 bridgehead atoms. The predicted octanol–water partition coefficient (Wildman–Crippen LogP) is 2.00. The molecule has 0 radical (unpaired) electrons. The number of nitrogens with two attached hydrogens (primary N) is 1. The summed E-state index contributed by atoms with van der Waals surface area (Å²) < 4.78 is 24.6. The van der Waals surface area contributed by atoms with E-state index in [0.29, 0.717) is 23.8 Å². The molecule has 1 aliphatic rings. The van der Waals surface area contributed by atoms with Crippen molar-refractivity contribution in [3.63, 3.8) is 0 Å². The Hall–Kier alpha value is -0.910. The van der Waals surface area contributed by atoms with Gasteiger partial charge in [-0.1, -0.05) is 32.0 Å². The van der Waals surface area contributed by atoms with Gasteiger partial charge in [0.1, 0.15) is 0 Å². The Bertz CT molecular complexity index is 598. The van der Waals surface area contributed by atoms with Crippen LogP contribution in [0.15, 0.2) is 29.2 Å². The maximum Gasteiger partial charge on any atom is 0.178 e. The van der Waals surface area contributed by atoms with Gasteiger partial charge in [-0.2, -0.15) is 0 Å². The molecular formula is C16H26N2O2S. The fourth-order valence-electron chi connectivity index (χ4n) is 3.10. The minimum atomic E-state index is -3.17. The van der Waals surface area contributed by atoms with Crippen molar-refractivity contribution in [2.45, 2.75) is 37.1 Å². The molecule has 118 valence electrons. The van der Waals surface area contributed by atoms with Crippen LogP contribution in [-0.4, -0.2) is 39.2 Å². The van der Waals surface area contributed by atoms with E-state index >= 15 is 0 Å². The van der Waals surface area contributed by atoms with E-state index in [9.17, 15) is 8.42 Å². The van der Waals surface area contributed by atoms with Crippen LogP contribution in [0.25, 0.3) is 0 Å². The summed E-state index contributed by atoms with van der Waals surface area (Å²) >= 11 is 0. The maximum absolute atomic E-state index is 12.3. The second-order valence-corrected chi connectivity index (χ2v) is 8.48. The Kier molecular flexibility index (Phi) is 4.76. The third-order valence-electron chi connectivity index (χ3n) is 4.62. The van der Waals surface area contributed by atoms with Gasteiger partial charge in [-0.3, -0.25) is 4.90 Å². The zero-order chi connectivity index (χ0) is 15.7. The van der Waals surface area contributed by atoms with E-state index in [0.717, 1.165) is 18.5 Å². The third kappa shape index (κ3) is 3.00. The zero-order valence-electron chi connectivity index (χ0n) is 13.2. The number of rotatable bonds is 5. The number of benzene rings is 1. The lowest BCUT2D eigenvalue weighted by Gasteiger charge is -2.45. The van der Waals surface area contributed by atoms with Crippen LogP contribution in [0.1, 0.15) is 32.3 Å². The van der Waals surface area contributed by atoms with Crippen molar-refractivity contribution in [1.82, 2.24) is 4.90 Å². The highest BCUT2D eigenvalue weighted by atomic mass is 32.2. The molecule has 0 aromatic heterocycles. The van der Waals surface area contributed by atoms with Gasteiger partial charge in [-0.05, 0) is 44.0 Å². The third-order valence-corrected chi connectivity index (χ3v) is 6.39. The molecule has 1 heterocycles. The summed E-state index contributed by atoms with van der Waals surface area (Å²) in [6, 6.07) is 7.33. The fourth-order valence-corrected chi connectivity index (χ4v) is 4.81. The Balaban J connectivity index is 2.45. The molecule has 1 atom stereocenters. The van der Waals surface area contributed by atoms with Crippen LogP contribution in [0, 0.1) is 5.92 Å². The maximum atomic E-state index is 12.3. The largest absolute Gasteiger partial charge is 0.328 e. The first-order valence-electron chi connectivity index (χ1n) is 7.57. The van der Waals surface area contributed by atoms with Crippen molar-refractivity contribution >= 4 is 9.84 Å². The van der Waals surface area contributed by atoms with Crippen molar-refractivity contribution in [2.24, 2.45) is 11.7 Å². The molecule has 0 saturated carbocycles. The van der Waals surface area contributed by atoms with Gasteiger partial charge in [0.05, 0.1) is 16.2 Å². The first-order chi connectivity index (χ1) is 9.83. The average molecular weight is 310 g/mol. The highest BCUT2D eigenvalue weighted by Gasteiger charge is 2.43. The topological polar surface area (TPSA) is 63.4 Å². The minimum absolute atomic E-state index is 0.174. The molecule has 0 spiro atoms. The van der Waals surface area contributed by atoms with E-state index < -0.39 is 9.84 Å². The van der Waals surface area contributed by atoms with Crippen molar-refractivity contribution < 1.29 is 8.42 Å². The molecule has 21 heavy (non-hydrogen) atoms. The van der Waals surface area contributed by atoms with Crippen LogP contribution in [0.3, 0.4) is 0 Å². The quantitative estimate of drug-likeness (QED) is 0.903. The standard InChI is InChI=1S/C16H26N2O2S/c1-13(2)8-10-18(3)16(12-17)9-11-21(19,20)15-7-5-4-6-14(15)16/h4-7,13H,8-12,17H2,1-3H3. The summed E-state index contributed by atoms with van der Waals surface area (Å²) in [4.78, 5) is 2.71. The van der Waals surface area contributed by atoms with Crippen LogP contribution in [0.2, 0.25) is 0 Å². The second kappa shape index (κ2) is 6.07. The smallest absolute Gasteiger partial charge is 0.178 e. The van der Waals surface area contributed by atoms with Crippen molar-refractivity contribution in [1.29, 1.82) is 0 Å². The Morgan fingerprint density at radius 3 is 2.62 bits per heavy atom. The summed E-state index contributed by atoms with van der Waals surface area (Å²) in [5.41, 5.74) is 6.61. The SMILES string of the molecule is CC(C)CCN(C)C1(CN)CCS(=O)(=O)c2ccccc21. The molecular weight excluding hydrogens is 284 g/mol. The lowest BCUT2D eigenvalue weighted by atomic mass is 9.84. The molecule has 2 N–H and O–H groups in total. The first kappa shape index (κ1) is 16.5. The van der Waals surface area contributed by atoms with E-state index in [-0.39, 0.29) is 11.3 Å². The zero-order valence-corrected chi connectivity index (χ0v) is 14.0. The summed E-state index contributed by atoms with van der Waals surface area (Å²) in [6.07, 6.45) is 1.64. The molecule has 1 aliphatic heterocycles. The van der Waals surface area contributed by atoms with E-state index in [1.807, 2.05) is 12.1 Å². The molecule has 2 rings (SSSR count). The van der Waals surface area contributed by atoms with Gasteiger partial charge < -0.3 is 5.73 Å². The summed E-state index contributed by atoms with van der Waals surface area (Å²) in [6.45, 7) is 5.75. The number of likely N-dealkylation sites (N-methyl/N-ethyl adjacent to an activating group) is 1. The summed E-state index contributed by atoms with van der Waals surface area (Å²) in [5, 5.41) is 0. The fraction of sp³-hybridized carbons (Fsp3) is 0.625. The molecule has 0 aliphatic carbocycles. The van der Waals surface area contributed by atoms with Gasteiger partial charge in [-0.25, -0.2) is 8.42 Å².